The molecule has 126 valence electrons. The quantitative estimate of drug-likeness (QED) is 0.877. The van der Waals surface area contributed by atoms with E-state index in [-0.39, 0.29) is 24.6 Å². The number of aliphatic hydroxyl groups is 2. The van der Waals surface area contributed by atoms with Gasteiger partial charge >= 0.3 is 0 Å². The average Bonchev–Trinajstić information content (AvgIpc) is 3.01. The van der Waals surface area contributed by atoms with Gasteiger partial charge in [0.05, 0.1) is 18.8 Å². The molecule has 2 saturated heterocycles. The Bertz CT molecular complexity index is 593. The number of aryl methyl sites for hydroxylation is 3. The number of benzene rings is 1. The molecule has 0 bridgehead atoms. The van der Waals surface area contributed by atoms with E-state index in [1.165, 1.54) is 5.56 Å². The summed E-state index contributed by atoms with van der Waals surface area (Å²) in [7, 11) is 0. The highest BCUT2D eigenvalue weighted by Gasteiger charge is 2.43. The average molecular weight is 318 g/mol. The maximum Gasteiger partial charge on any atom is 0.244 e. The zero-order valence-corrected chi connectivity index (χ0v) is 14.1. The van der Waals surface area contributed by atoms with Gasteiger partial charge in [0.25, 0.3) is 0 Å². The normalized spacial score (nSPS) is 28.8. The van der Waals surface area contributed by atoms with E-state index in [0.29, 0.717) is 19.5 Å². The Labute approximate surface area is 137 Å². The summed E-state index contributed by atoms with van der Waals surface area (Å²) in [6.07, 6.45) is 0.842. The van der Waals surface area contributed by atoms with Crippen molar-refractivity contribution in [1.82, 2.24) is 4.90 Å². The van der Waals surface area contributed by atoms with Gasteiger partial charge in [0.1, 0.15) is 0 Å². The first-order valence-electron chi connectivity index (χ1n) is 8.36. The van der Waals surface area contributed by atoms with Gasteiger partial charge in [-0.3, -0.25) is 9.69 Å². The number of hydrogen-bond acceptors (Lipinski definition) is 4. The summed E-state index contributed by atoms with van der Waals surface area (Å²) < 4.78 is 0. The maximum atomic E-state index is 13.0. The SMILES string of the molecule is Cc1cc(C)c(N2CCC(N3CC(O)CC3CO)C2=O)c(C)c1. The third kappa shape index (κ3) is 2.89. The molecule has 2 N–H and O–H groups in total. The van der Waals surface area contributed by atoms with Crippen LogP contribution >= 0.6 is 0 Å². The van der Waals surface area contributed by atoms with Gasteiger partial charge in [0.2, 0.25) is 5.91 Å². The topological polar surface area (TPSA) is 64.0 Å². The molecule has 1 aromatic carbocycles. The minimum Gasteiger partial charge on any atom is -0.395 e. The highest BCUT2D eigenvalue weighted by atomic mass is 16.3. The molecule has 2 heterocycles. The number of rotatable bonds is 3. The number of hydrogen-bond donors (Lipinski definition) is 2. The summed E-state index contributed by atoms with van der Waals surface area (Å²) in [5.41, 5.74) is 4.46. The van der Waals surface area contributed by atoms with Crippen molar-refractivity contribution in [2.75, 3.05) is 24.6 Å². The van der Waals surface area contributed by atoms with Gasteiger partial charge in [0.15, 0.2) is 0 Å². The second kappa shape index (κ2) is 6.23. The lowest BCUT2D eigenvalue weighted by Crippen LogP contribution is -2.46. The molecule has 3 unspecified atom stereocenters. The number of amides is 1. The molecule has 0 saturated carbocycles. The van der Waals surface area contributed by atoms with Crippen LogP contribution in [-0.2, 0) is 4.79 Å². The number of anilines is 1. The molecule has 0 aliphatic carbocycles. The zero-order chi connectivity index (χ0) is 16.7. The van der Waals surface area contributed by atoms with Crippen molar-refractivity contribution in [3.05, 3.63) is 28.8 Å². The van der Waals surface area contributed by atoms with Crippen molar-refractivity contribution in [2.24, 2.45) is 0 Å². The van der Waals surface area contributed by atoms with Crippen LogP contribution in [0.4, 0.5) is 5.69 Å². The highest BCUT2D eigenvalue weighted by molar-refractivity contribution is 6.00. The molecule has 3 rings (SSSR count). The van der Waals surface area contributed by atoms with E-state index in [9.17, 15) is 15.0 Å². The van der Waals surface area contributed by atoms with Crippen LogP contribution in [0.3, 0.4) is 0 Å². The molecule has 0 spiro atoms. The molecule has 3 atom stereocenters. The molecule has 0 radical (unpaired) electrons. The lowest BCUT2D eigenvalue weighted by atomic mass is 10.0. The Morgan fingerprint density at radius 1 is 1.22 bits per heavy atom. The molecule has 5 nitrogen and oxygen atoms in total. The summed E-state index contributed by atoms with van der Waals surface area (Å²) in [6.45, 7) is 7.32. The summed E-state index contributed by atoms with van der Waals surface area (Å²) >= 11 is 0. The Hall–Kier alpha value is -1.43. The molecule has 1 aromatic rings. The Kier molecular flexibility index (Phi) is 4.45. The summed E-state index contributed by atoms with van der Waals surface area (Å²) in [5.74, 6) is 0.0904. The lowest BCUT2D eigenvalue weighted by Gasteiger charge is -2.28. The van der Waals surface area contributed by atoms with Gasteiger partial charge in [-0.1, -0.05) is 17.7 Å². The number of carbonyl (C=O) groups excluding carboxylic acids is 1. The van der Waals surface area contributed by atoms with E-state index in [4.69, 9.17) is 0 Å². The van der Waals surface area contributed by atoms with E-state index >= 15 is 0 Å². The monoisotopic (exact) mass is 318 g/mol. The molecular weight excluding hydrogens is 292 g/mol. The number of aliphatic hydroxyl groups excluding tert-OH is 2. The van der Waals surface area contributed by atoms with Gasteiger partial charge in [-0.15, -0.1) is 0 Å². The van der Waals surface area contributed by atoms with Crippen molar-refractivity contribution >= 4 is 11.6 Å². The molecule has 5 heteroatoms. The zero-order valence-electron chi connectivity index (χ0n) is 14.1. The van der Waals surface area contributed by atoms with E-state index in [2.05, 4.69) is 19.1 Å². The summed E-state index contributed by atoms with van der Waals surface area (Å²) in [4.78, 5) is 16.8. The van der Waals surface area contributed by atoms with Crippen molar-refractivity contribution in [1.29, 1.82) is 0 Å². The first kappa shape index (κ1) is 16.4. The third-order valence-electron chi connectivity index (χ3n) is 5.13. The molecule has 2 fully saturated rings. The van der Waals surface area contributed by atoms with Crippen LogP contribution in [0.25, 0.3) is 0 Å². The third-order valence-corrected chi connectivity index (χ3v) is 5.13. The minimum absolute atomic E-state index is 0.0105. The van der Waals surface area contributed by atoms with Gasteiger partial charge in [-0.25, -0.2) is 0 Å². The fourth-order valence-corrected chi connectivity index (χ4v) is 4.27. The summed E-state index contributed by atoms with van der Waals surface area (Å²) in [6, 6.07) is 3.88. The highest BCUT2D eigenvalue weighted by Crippen LogP contribution is 2.33. The first-order chi connectivity index (χ1) is 10.9. The molecular formula is C18H26N2O3. The van der Waals surface area contributed by atoms with Crippen LogP contribution in [0.2, 0.25) is 0 Å². The molecule has 1 amide bonds. The van der Waals surface area contributed by atoms with E-state index in [0.717, 1.165) is 23.2 Å². The van der Waals surface area contributed by atoms with Crippen LogP contribution in [0.1, 0.15) is 29.5 Å². The second-order valence-electron chi connectivity index (χ2n) is 6.96. The van der Waals surface area contributed by atoms with Crippen molar-refractivity contribution in [2.45, 2.75) is 51.8 Å². The lowest BCUT2D eigenvalue weighted by molar-refractivity contribution is -0.122. The number of nitrogens with zero attached hydrogens (tertiary/aromatic N) is 2. The van der Waals surface area contributed by atoms with Crippen LogP contribution < -0.4 is 4.90 Å². The Morgan fingerprint density at radius 2 is 1.87 bits per heavy atom. The fraction of sp³-hybridized carbons (Fsp3) is 0.611. The predicted octanol–water partition coefficient (Wildman–Crippen LogP) is 1.14. The fourth-order valence-electron chi connectivity index (χ4n) is 4.27. The first-order valence-corrected chi connectivity index (χ1v) is 8.36. The van der Waals surface area contributed by atoms with E-state index < -0.39 is 6.10 Å². The van der Waals surface area contributed by atoms with Crippen molar-refractivity contribution in [3.63, 3.8) is 0 Å². The van der Waals surface area contributed by atoms with Gasteiger partial charge in [0, 0.05) is 24.8 Å². The summed E-state index contributed by atoms with van der Waals surface area (Å²) in [5, 5.41) is 19.4. The Morgan fingerprint density at radius 3 is 2.48 bits per heavy atom. The predicted molar refractivity (Wildman–Crippen MR) is 89.6 cm³/mol. The Balaban J connectivity index is 1.85. The standard InChI is InChI=1S/C18H26N2O3/c1-11-6-12(2)17(13(3)7-11)19-5-4-16(18(19)23)20-9-15(22)8-14(20)10-21/h6-7,14-16,21-22H,4-5,8-10H2,1-3H3. The number of carbonyl (C=O) groups is 1. The molecule has 2 aliphatic rings. The smallest absolute Gasteiger partial charge is 0.244 e. The van der Waals surface area contributed by atoms with E-state index in [1.54, 1.807) is 0 Å². The largest absolute Gasteiger partial charge is 0.395 e. The number of β-amino-alcohol motifs (C(OH)–C–C–N with tert-alkyl or cyclic N) is 1. The second-order valence-corrected chi connectivity index (χ2v) is 6.96. The molecule has 0 aromatic heterocycles. The van der Waals surface area contributed by atoms with Crippen LogP contribution in [0.15, 0.2) is 12.1 Å². The van der Waals surface area contributed by atoms with Crippen molar-refractivity contribution < 1.29 is 15.0 Å². The van der Waals surface area contributed by atoms with E-state index in [1.807, 2.05) is 23.6 Å². The van der Waals surface area contributed by atoms with Gasteiger partial charge < -0.3 is 15.1 Å². The van der Waals surface area contributed by atoms with Crippen molar-refractivity contribution in [3.8, 4) is 0 Å². The maximum absolute atomic E-state index is 13.0. The minimum atomic E-state index is -0.447. The number of likely N-dealkylation sites (tertiary alicyclic amines) is 1. The van der Waals surface area contributed by atoms with Crippen LogP contribution in [0, 0.1) is 20.8 Å². The van der Waals surface area contributed by atoms with Gasteiger partial charge in [-0.05, 0) is 44.7 Å². The molecule has 2 aliphatic heterocycles. The van der Waals surface area contributed by atoms with Crippen LogP contribution in [0.5, 0.6) is 0 Å². The van der Waals surface area contributed by atoms with Gasteiger partial charge in [-0.2, -0.15) is 0 Å². The van der Waals surface area contributed by atoms with Crippen LogP contribution in [-0.4, -0.2) is 58.9 Å². The molecule has 23 heavy (non-hydrogen) atoms.